The number of ether oxygens (including phenoxy) is 1. The van der Waals surface area contributed by atoms with Crippen molar-refractivity contribution in [3.8, 4) is 0 Å². The summed E-state index contributed by atoms with van der Waals surface area (Å²) in [5.41, 5.74) is 4.06. The van der Waals surface area contributed by atoms with Gasteiger partial charge in [0.25, 0.3) is 0 Å². The maximum atomic E-state index is 13.1. The molecular weight excluding hydrogens is 374 g/mol. The first-order valence-electron chi connectivity index (χ1n) is 10.9. The van der Waals surface area contributed by atoms with Crippen molar-refractivity contribution in [2.45, 2.75) is 31.7 Å². The normalized spacial score (nSPS) is 18.4. The van der Waals surface area contributed by atoms with Gasteiger partial charge < -0.3 is 14.6 Å². The third kappa shape index (κ3) is 3.75. The number of aromatic nitrogens is 1. The third-order valence-electron chi connectivity index (χ3n) is 6.55. The van der Waals surface area contributed by atoms with E-state index in [4.69, 9.17) is 4.74 Å². The molecule has 1 saturated heterocycles. The Morgan fingerprint density at radius 2 is 1.90 bits per heavy atom. The van der Waals surface area contributed by atoms with Crippen molar-refractivity contribution < 1.29 is 9.53 Å². The van der Waals surface area contributed by atoms with Crippen LogP contribution in [0.15, 0.2) is 54.7 Å². The summed E-state index contributed by atoms with van der Waals surface area (Å²) in [6.07, 6.45) is 3.98. The molecule has 2 heterocycles. The predicted molar refractivity (Wildman–Crippen MR) is 120 cm³/mol. The number of rotatable bonds is 6. The van der Waals surface area contributed by atoms with Crippen molar-refractivity contribution in [1.29, 1.82) is 0 Å². The Hall–Kier alpha value is -2.63. The van der Waals surface area contributed by atoms with Gasteiger partial charge in [-0.1, -0.05) is 29.8 Å². The highest BCUT2D eigenvalue weighted by atomic mass is 16.5. The fourth-order valence-electron chi connectivity index (χ4n) is 4.51. The highest BCUT2D eigenvalue weighted by molar-refractivity contribution is 6.02. The smallest absolute Gasteiger partial charge is 0.235 e. The van der Waals surface area contributed by atoms with Crippen molar-refractivity contribution in [3.05, 3.63) is 65.9 Å². The maximum absolute atomic E-state index is 13.1. The van der Waals surface area contributed by atoms with E-state index < -0.39 is 0 Å². The maximum Gasteiger partial charge on any atom is 0.235 e. The largest absolute Gasteiger partial charge is 0.379 e. The third-order valence-corrected chi connectivity index (χ3v) is 6.55. The summed E-state index contributed by atoms with van der Waals surface area (Å²) in [5.74, 6) is 0.110. The van der Waals surface area contributed by atoms with Gasteiger partial charge in [0.2, 0.25) is 5.91 Å². The molecule has 0 atom stereocenters. The molecule has 1 aliphatic heterocycles. The molecule has 30 heavy (non-hydrogen) atoms. The minimum absolute atomic E-state index is 0.110. The van der Waals surface area contributed by atoms with Crippen LogP contribution in [0.4, 0.5) is 5.69 Å². The fraction of sp³-hybridized carbons (Fsp3) is 0.400. The van der Waals surface area contributed by atoms with Crippen LogP contribution in [0.1, 0.15) is 24.0 Å². The molecule has 0 spiro atoms. The van der Waals surface area contributed by atoms with E-state index >= 15 is 0 Å². The number of nitrogens with one attached hydrogen (secondary N) is 1. The number of anilines is 1. The molecule has 1 N–H and O–H groups in total. The van der Waals surface area contributed by atoms with Crippen LogP contribution in [0.2, 0.25) is 0 Å². The molecule has 1 saturated carbocycles. The number of aryl methyl sites for hydroxylation is 1. The lowest BCUT2D eigenvalue weighted by Gasteiger charge is -2.26. The van der Waals surface area contributed by atoms with Crippen LogP contribution in [0, 0.1) is 6.92 Å². The Balaban J connectivity index is 1.28. The Morgan fingerprint density at radius 1 is 1.07 bits per heavy atom. The van der Waals surface area contributed by atoms with Gasteiger partial charge in [0.05, 0.1) is 18.6 Å². The van der Waals surface area contributed by atoms with Crippen LogP contribution < -0.4 is 5.32 Å². The van der Waals surface area contributed by atoms with Gasteiger partial charge in [0.1, 0.15) is 0 Å². The summed E-state index contributed by atoms with van der Waals surface area (Å²) in [4.78, 5) is 15.5. The summed E-state index contributed by atoms with van der Waals surface area (Å²) in [5, 5.41) is 4.34. The van der Waals surface area contributed by atoms with Gasteiger partial charge in [-0.25, -0.2) is 0 Å². The Kier molecular flexibility index (Phi) is 5.09. The van der Waals surface area contributed by atoms with E-state index in [-0.39, 0.29) is 11.3 Å². The number of fused-ring (bicyclic) bond motifs is 1. The molecule has 5 rings (SSSR count). The van der Waals surface area contributed by atoms with Crippen LogP contribution in [-0.4, -0.2) is 48.2 Å². The van der Waals surface area contributed by atoms with Crippen molar-refractivity contribution in [1.82, 2.24) is 9.47 Å². The summed E-state index contributed by atoms with van der Waals surface area (Å²) in [7, 11) is 0. The first-order chi connectivity index (χ1) is 14.6. The lowest BCUT2D eigenvalue weighted by Crippen LogP contribution is -2.38. The molecule has 0 bridgehead atoms. The summed E-state index contributed by atoms with van der Waals surface area (Å²) in [6, 6.07) is 16.7. The topological polar surface area (TPSA) is 46.5 Å². The molecule has 156 valence electrons. The molecule has 1 aromatic heterocycles. The second kappa shape index (κ2) is 7.89. The Bertz CT molecular complexity index is 1060. The van der Waals surface area contributed by atoms with Gasteiger partial charge in [0, 0.05) is 49.0 Å². The summed E-state index contributed by atoms with van der Waals surface area (Å²) >= 11 is 0. The minimum atomic E-state index is -0.356. The molecule has 0 radical (unpaired) electrons. The number of carbonyl (C=O) groups is 1. The number of carbonyl (C=O) groups excluding carboxylic acids is 1. The first-order valence-corrected chi connectivity index (χ1v) is 10.9. The van der Waals surface area contributed by atoms with Gasteiger partial charge in [-0.3, -0.25) is 9.69 Å². The van der Waals surface area contributed by atoms with Gasteiger partial charge in [0.15, 0.2) is 0 Å². The van der Waals surface area contributed by atoms with Gasteiger partial charge in [-0.2, -0.15) is 0 Å². The zero-order chi connectivity index (χ0) is 20.6. The lowest BCUT2D eigenvalue weighted by atomic mass is 9.93. The number of benzene rings is 2. The molecule has 2 aromatic carbocycles. The number of hydrogen-bond donors (Lipinski definition) is 1. The molecule has 0 unspecified atom stereocenters. The van der Waals surface area contributed by atoms with Crippen molar-refractivity contribution in [3.63, 3.8) is 0 Å². The highest BCUT2D eigenvalue weighted by Crippen LogP contribution is 2.49. The van der Waals surface area contributed by atoms with E-state index in [9.17, 15) is 4.79 Å². The van der Waals surface area contributed by atoms with Crippen LogP contribution in [-0.2, 0) is 21.5 Å². The van der Waals surface area contributed by atoms with E-state index in [1.54, 1.807) is 0 Å². The molecule has 1 aliphatic carbocycles. The van der Waals surface area contributed by atoms with E-state index in [0.717, 1.165) is 68.9 Å². The summed E-state index contributed by atoms with van der Waals surface area (Å²) < 4.78 is 7.73. The minimum Gasteiger partial charge on any atom is -0.379 e. The van der Waals surface area contributed by atoms with Crippen molar-refractivity contribution in [2.75, 3.05) is 38.2 Å². The van der Waals surface area contributed by atoms with E-state index in [1.165, 1.54) is 11.1 Å². The molecule has 2 aliphatic rings. The number of amides is 1. The molecule has 5 nitrogen and oxygen atoms in total. The molecule has 1 amide bonds. The monoisotopic (exact) mass is 403 g/mol. The zero-order valence-electron chi connectivity index (χ0n) is 17.6. The van der Waals surface area contributed by atoms with Crippen LogP contribution >= 0.6 is 0 Å². The predicted octanol–water partition coefficient (Wildman–Crippen LogP) is 3.95. The first kappa shape index (κ1) is 19.3. The fourth-order valence-corrected chi connectivity index (χ4v) is 4.51. The second-order valence-corrected chi connectivity index (χ2v) is 8.64. The molecule has 3 aromatic rings. The average Bonchev–Trinajstić information content (AvgIpc) is 3.49. The van der Waals surface area contributed by atoms with E-state index in [1.807, 2.05) is 12.1 Å². The Morgan fingerprint density at radius 3 is 2.67 bits per heavy atom. The lowest BCUT2D eigenvalue weighted by molar-refractivity contribution is -0.118. The number of morpholine rings is 1. The van der Waals surface area contributed by atoms with Crippen molar-refractivity contribution >= 4 is 22.5 Å². The van der Waals surface area contributed by atoms with Crippen molar-refractivity contribution in [2.24, 2.45) is 0 Å². The van der Waals surface area contributed by atoms with Gasteiger partial charge >= 0.3 is 0 Å². The van der Waals surface area contributed by atoms with E-state index in [0.29, 0.717) is 0 Å². The van der Waals surface area contributed by atoms with Gasteiger partial charge in [-0.15, -0.1) is 0 Å². The molecular formula is C25H29N3O2. The quantitative estimate of drug-likeness (QED) is 0.678. The van der Waals surface area contributed by atoms with Gasteiger partial charge in [-0.05, 0) is 49.6 Å². The van der Waals surface area contributed by atoms with Crippen LogP contribution in [0.5, 0.6) is 0 Å². The highest BCUT2D eigenvalue weighted by Gasteiger charge is 2.51. The molecule has 5 heteroatoms. The zero-order valence-corrected chi connectivity index (χ0v) is 17.6. The standard InChI is InChI=1S/C25H29N3O2/c1-19-3-2-4-21(17-19)25(8-9-25)24(29)26-22-5-6-23-20(18-22)7-10-28(23)12-11-27-13-15-30-16-14-27/h2-7,10,17-18H,8-9,11-16H2,1H3,(H,26,29). The number of hydrogen-bond acceptors (Lipinski definition) is 3. The van der Waals surface area contributed by atoms with Crippen LogP contribution in [0.25, 0.3) is 10.9 Å². The molecule has 2 fully saturated rings. The summed E-state index contributed by atoms with van der Waals surface area (Å²) in [6.45, 7) is 7.76. The van der Waals surface area contributed by atoms with E-state index in [2.05, 4.69) is 64.3 Å². The average molecular weight is 404 g/mol. The Labute approximate surface area is 177 Å². The van der Waals surface area contributed by atoms with Crippen LogP contribution in [0.3, 0.4) is 0 Å². The SMILES string of the molecule is Cc1cccc(C2(C(=O)Nc3ccc4c(ccn4CCN4CCOCC4)c3)CC2)c1. The second-order valence-electron chi connectivity index (χ2n) is 8.64. The number of nitrogens with zero attached hydrogens (tertiary/aromatic N) is 2.